The molecule has 1 amide bonds. The van der Waals surface area contributed by atoms with E-state index in [4.69, 9.17) is 0 Å². The van der Waals surface area contributed by atoms with E-state index in [1.165, 1.54) is 5.56 Å². The van der Waals surface area contributed by atoms with E-state index in [1.54, 1.807) is 4.90 Å². The zero-order valence-electron chi connectivity index (χ0n) is 10.8. The lowest BCUT2D eigenvalue weighted by Crippen LogP contribution is -2.36. The second-order valence-corrected chi connectivity index (χ2v) is 4.87. The van der Waals surface area contributed by atoms with Crippen molar-refractivity contribution >= 4 is 5.91 Å². The minimum atomic E-state index is -0.685. The highest BCUT2D eigenvalue weighted by molar-refractivity contribution is 5.94. The number of benzene rings is 2. The van der Waals surface area contributed by atoms with Gasteiger partial charge in [0, 0.05) is 13.1 Å². The Hall–Kier alpha value is -2.23. The number of carbonyl (C=O) groups excluding carboxylic acids is 1. The number of halogens is 2. The zero-order valence-corrected chi connectivity index (χ0v) is 10.8. The highest BCUT2D eigenvalue weighted by Gasteiger charge is 2.23. The first kappa shape index (κ1) is 12.8. The second-order valence-electron chi connectivity index (χ2n) is 4.87. The largest absolute Gasteiger partial charge is 0.334 e. The molecule has 0 saturated heterocycles. The lowest BCUT2D eigenvalue weighted by Gasteiger charge is -2.29. The summed E-state index contributed by atoms with van der Waals surface area (Å²) >= 11 is 0. The van der Waals surface area contributed by atoms with Gasteiger partial charge in [0.05, 0.1) is 5.56 Å². The zero-order chi connectivity index (χ0) is 14.1. The molecule has 0 bridgehead atoms. The molecule has 0 unspecified atom stereocenters. The van der Waals surface area contributed by atoms with Crippen molar-refractivity contribution in [3.63, 3.8) is 0 Å². The van der Waals surface area contributed by atoms with E-state index in [0.29, 0.717) is 13.1 Å². The fourth-order valence-electron chi connectivity index (χ4n) is 2.50. The molecule has 1 heterocycles. The number of hydrogen-bond acceptors (Lipinski definition) is 1. The van der Waals surface area contributed by atoms with Gasteiger partial charge in [-0.25, -0.2) is 8.78 Å². The predicted molar refractivity (Wildman–Crippen MR) is 71.2 cm³/mol. The minimum Gasteiger partial charge on any atom is -0.334 e. The van der Waals surface area contributed by atoms with Crippen LogP contribution in [0.4, 0.5) is 8.78 Å². The molecule has 1 aliphatic heterocycles. The summed E-state index contributed by atoms with van der Waals surface area (Å²) in [4.78, 5) is 13.9. The highest BCUT2D eigenvalue weighted by Crippen LogP contribution is 2.21. The van der Waals surface area contributed by atoms with Gasteiger partial charge in [-0.15, -0.1) is 0 Å². The summed E-state index contributed by atoms with van der Waals surface area (Å²) in [5.41, 5.74) is 2.06. The molecule has 4 heteroatoms. The molecular formula is C16H13F2NO. The second kappa shape index (κ2) is 5.04. The topological polar surface area (TPSA) is 20.3 Å². The smallest absolute Gasteiger partial charge is 0.257 e. The minimum absolute atomic E-state index is 0.204. The van der Waals surface area contributed by atoms with Crippen molar-refractivity contribution in [1.29, 1.82) is 0 Å². The number of carbonyl (C=O) groups is 1. The lowest BCUT2D eigenvalue weighted by atomic mass is 9.99. The first-order valence-corrected chi connectivity index (χ1v) is 6.46. The third-order valence-corrected chi connectivity index (χ3v) is 3.58. The van der Waals surface area contributed by atoms with Gasteiger partial charge in [0.25, 0.3) is 5.91 Å². The Morgan fingerprint density at radius 2 is 1.80 bits per heavy atom. The van der Waals surface area contributed by atoms with Crippen LogP contribution in [0.25, 0.3) is 0 Å². The van der Waals surface area contributed by atoms with Crippen LogP contribution in [0.2, 0.25) is 0 Å². The van der Waals surface area contributed by atoms with Gasteiger partial charge in [-0.2, -0.15) is 0 Å². The molecule has 0 atom stereocenters. The first-order valence-electron chi connectivity index (χ1n) is 6.46. The van der Waals surface area contributed by atoms with E-state index in [2.05, 4.69) is 0 Å². The average molecular weight is 273 g/mol. The van der Waals surface area contributed by atoms with Crippen LogP contribution in [0.5, 0.6) is 0 Å². The summed E-state index contributed by atoms with van der Waals surface area (Å²) in [7, 11) is 0. The van der Waals surface area contributed by atoms with Gasteiger partial charge in [-0.3, -0.25) is 4.79 Å². The average Bonchev–Trinajstić information content (AvgIpc) is 2.48. The van der Waals surface area contributed by atoms with Gasteiger partial charge >= 0.3 is 0 Å². The normalized spacial score (nSPS) is 14.0. The van der Waals surface area contributed by atoms with Crippen molar-refractivity contribution in [3.05, 3.63) is 70.8 Å². The lowest BCUT2D eigenvalue weighted by molar-refractivity contribution is 0.0729. The Kier molecular flexibility index (Phi) is 3.22. The molecule has 1 aliphatic rings. The Morgan fingerprint density at radius 1 is 1.05 bits per heavy atom. The van der Waals surface area contributed by atoms with Crippen molar-refractivity contribution in [2.45, 2.75) is 13.0 Å². The van der Waals surface area contributed by atoms with Gasteiger partial charge in [-0.1, -0.05) is 24.3 Å². The van der Waals surface area contributed by atoms with Crippen LogP contribution in [0.3, 0.4) is 0 Å². The van der Waals surface area contributed by atoms with Crippen LogP contribution in [-0.4, -0.2) is 17.4 Å². The molecule has 0 fully saturated rings. The molecule has 0 spiro atoms. The van der Waals surface area contributed by atoms with Crippen molar-refractivity contribution in [2.75, 3.05) is 6.54 Å². The fourth-order valence-corrected chi connectivity index (χ4v) is 2.50. The molecule has 2 aromatic carbocycles. The van der Waals surface area contributed by atoms with Gasteiger partial charge in [0.15, 0.2) is 0 Å². The maximum absolute atomic E-state index is 13.7. The van der Waals surface area contributed by atoms with E-state index < -0.39 is 17.5 Å². The Bertz CT molecular complexity index is 669. The molecule has 20 heavy (non-hydrogen) atoms. The maximum atomic E-state index is 13.7. The van der Waals surface area contributed by atoms with Crippen LogP contribution in [-0.2, 0) is 13.0 Å². The van der Waals surface area contributed by atoms with E-state index in [0.717, 1.165) is 30.2 Å². The molecule has 2 nitrogen and oxygen atoms in total. The Labute approximate surface area is 115 Å². The molecule has 0 N–H and O–H groups in total. The first-order chi connectivity index (χ1) is 9.65. The molecule has 102 valence electrons. The Morgan fingerprint density at radius 3 is 2.60 bits per heavy atom. The van der Waals surface area contributed by atoms with Crippen molar-refractivity contribution in [2.24, 2.45) is 0 Å². The number of fused-ring (bicyclic) bond motifs is 1. The molecular weight excluding hydrogens is 260 g/mol. The van der Waals surface area contributed by atoms with E-state index in [9.17, 15) is 13.6 Å². The van der Waals surface area contributed by atoms with Gasteiger partial charge < -0.3 is 4.90 Å². The van der Waals surface area contributed by atoms with Crippen LogP contribution in [0, 0.1) is 11.6 Å². The SMILES string of the molecule is O=C(c1cc(F)ccc1F)N1CCc2ccccc2C1. The number of amides is 1. The monoisotopic (exact) mass is 273 g/mol. The van der Waals surface area contributed by atoms with E-state index in [1.807, 2.05) is 24.3 Å². The molecule has 3 rings (SSSR count). The quantitative estimate of drug-likeness (QED) is 0.781. The predicted octanol–water partition coefficient (Wildman–Crippen LogP) is 3.16. The molecule has 0 aliphatic carbocycles. The van der Waals surface area contributed by atoms with Gasteiger partial charge in [-0.05, 0) is 35.7 Å². The highest BCUT2D eigenvalue weighted by atomic mass is 19.1. The fraction of sp³-hybridized carbons (Fsp3) is 0.188. The van der Waals surface area contributed by atoms with Crippen LogP contribution >= 0.6 is 0 Å². The summed E-state index contributed by atoms with van der Waals surface area (Å²) in [5.74, 6) is -1.75. The summed E-state index contributed by atoms with van der Waals surface area (Å²) in [6.07, 6.45) is 0.735. The van der Waals surface area contributed by atoms with Crippen LogP contribution in [0.1, 0.15) is 21.5 Å². The third kappa shape index (κ3) is 2.29. The summed E-state index contributed by atoms with van der Waals surface area (Å²) in [6, 6.07) is 10.8. The molecule has 0 aromatic heterocycles. The molecule has 0 saturated carbocycles. The maximum Gasteiger partial charge on any atom is 0.257 e. The van der Waals surface area contributed by atoms with E-state index in [-0.39, 0.29) is 5.56 Å². The third-order valence-electron chi connectivity index (χ3n) is 3.58. The van der Waals surface area contributed by atoms with E-state index >= 15 is 0 Å². The van der Waals surface area contributed by atoms with Crippen molar-refractivity contribution in [1.82, 2.24) is 4.90 Å². The molecule has 0 radical (unpaired) electrons. The van der Waals surface area contributed by atoms with Crippen molar-refractivity contribution in [3.8, 4) is 0 Å². The number of rotatable bonds is 1. The summed E-state index contributed by atoms with van der Waals surface area (Å²) in [6.45, 7) is 0.955. The number of hydrogen-bond donors (Lipinski definition) is 0. The number of nitrogens with zero attached hydrogens (tertiary/aromatic N) is 1. The summed E-state index contributed by atoms with van der Waals surface area (Å²) < 4.78 is 26.8. The van der Waals surface area contributed by atoms with Gasteiger partial charge in [0.2, 0.25) is 0 Å². The molecule has 2 aromatic rings. The summed E-state index contributed by atoms with van der Waals surface area (Å²) in [5, 5.41) is 0. The van der Waals surface area contributed by atoms with Crippen molar-refractivity contribution < 1.29 is 13.6 Å². The van der Waals surface area contributed by atoms with Gasteiger partial charge in [0.1, 0.15) is 11.6 Å². The van der Waals surface area contributed by atoms with Crippen LogP contribution < -0.4 is 0 Å². The van der Waals surface area contributed by atoms with Crippen LogP contribution in [0.15, 0.2) is 42.5 Å². The standard InChI is InChI=1S/C16H13F2NO/c17-13-5-6-15(18)14(9-13)16(20)19-8-7-11-3-1-2-4-12(11)10-19/h1-6,9H,7-8,10H2. The Balaban J connectivity index is 1.88.